The highest BCUT2D eigenvalue weighted by Crippen LogP contribution is 2.34. The van der Waals surface area contributed by atoms with E-state index < -0.39 is 5.97 Å². The van der Waals surface area contributed by atoms with Gasteiger partial charge in [0, 0.05) is 33.2 Å². The van der Waals surface area contributed by atoms with Gasteiger partial charge in [0.2, 0.25) is 0 Å². The molecule has 114 valence electrons. The molecule has 0 aromatic carbocycles. The average Bonchev–Trinajstić information content (AvgIpc) is 2.84. The number of nitrogens with zero attached hydrogens (tertiary/aromatic N) is 1. The number of carboxylic acid groups (broad SMARTS) is 1. The largest absolute Gasteiger partial charge is 0.481 e. The minimum Gasteiger partial charge on any atom is -0.481 e. The summed E-state index contributed by atoms with van der Waals surface area (Å²) in [6.07, 6.45) is 4.91. The molecule has 1 atom stereocenters. The van der Waals surface area contributed by atoms with E-state index in [2.05, 4.69) is 5.32 Å². The number of rotatable bonds is 6. The van der Waals surface area contributed by atoms with E-state index in [-0.39, 0.29) is 18.1 Å². The number of urea groups is 1. The molecule has 2 rings (SSSR count). The lowest BCUT2D eigenvalue weighted by molar-refractivity contribution is -0.137. The van der Waals surface area contributed by atoms with Crippen molar-refractivity contribution in [3.8, 4) is 0 Å². The summed E-state index contributed by atoms with van der Waals surface area (Å²) in [5.41, 5.74) is -0.155. The second kappa shape index (κ2) is 6.43. The predicted molar refractivity (Wildman–Crippen MR) is 73.5 cm³/mol. The fourth-order valence-electron chi connectivity index (χ4n) is 2.95. The van der Waals surface area contributed by atoms with Crippen LogP contribution in [-0.4, -0.2) is 54.4 Å². The molecule has 0 aromatic heterocycles. The number of hydrogen-bond acceptors (Lipinski definition) is 3. The van der Waals surface area contributed by atoms with E-state index in [1.54, 1.807) is 12.0 Å². The van der Waals surface area contributed by atoms with Gasteiger partial charge >= 0.3 is 12.0 Å². The molecule has 0 aromatic rings. The minimum absolute atomic E-state index is 0.0499. The molecule has 2 amide bonds. The first kappa shape index (κ1) is 15.1. The Hall–Kier alpha value is -1.30. The number of carbonyl (C=O) groups excluding carboxylic acids is 1. The Balaban J connectivity index is 1.70. The van der Waals surface area contributed by atoms with Gasteiger partial charge in [-0.25, -0.2) is 4.79 Å². The van der Waals surface area contributed by atoms with E-state index in [0.717, 1.165) is 32.2 Å². The maximum Gasteiger partial charge on any atom is 0.317 e. The van der Waals surface area contributed by atoms with E-state index in [0.29, 0.717) is 25.4 Å². The van der Waals surface area contributed by atoms with E-state index in [9.17, 15) is 9.59 Å². The van der Waals surface area contributed by atoms with E-state index in [1.807, 2.05) is 0 Å². The van der Waals surface area contributed by atoms with Crippen molar-refractivity contribution in [2.75, 3.05) is 26.7 Å². The van der Waals surface area contributed by atoms with Crippen LogP contribution in [0.4, 0.5) is 4.79 Å². The summed E-state index contributed by atoms with van der Waals surface area (Å²) in [7, 11) is 1.70. The Morgan fingerprint density at radius 2 is 2.20 bits per heavy atom. The van der Waals surface area contributed by atoms with Gasteiger partial charge in [0.15, 0.2) is 0 Å². The van der Waals surface area contributed by atoms with Gasteiger partial charge in [-0.3, -0.25) is 4.79 Å². The van der Waals surface area contributed by atoms with Gasteiger partial charge in [0.05, 0.1) is 5.60 Å². The van der Waals surface area contributed by atoms with Gasteiger partial charge in [0.1, 0.15) is 0 Å². The predicted octanol–water partition coefficient (Wildman–Crippen LogP) is 1.45. The Morgan fingerprint density at radius 3 is 2.75 bits per heavy atom. The molecule has 1 unspecified atom stereocenters. The third kappa shape index (κ3) is 3.62. The zero-order valence-corrected chi connectivity index (χ0v) is 12.1. The monoisotopic (exact) mass is 284 g/mol. The van der Waals surface area contributed by atoms with E-state index in [4.69, 9.17) is 9.84 Å². The van der Waals surface area contributed by atoms with Crippen LogP contribution in [0.1, 0.15) is 38.5 Å². The van der Waals surface area contributed by atoms with Gasteiger partial charge in [-0.15, -0.1) is 0 Å². The first-order valence-electron chi connectivity index (χ1n) is 7.34. The summed E-state index contributed by atoms with van der Waals surface area (Å²) in [5.74, 6) is -0.447. The number of carboxylic acids is 1. The minimum atomic E-state index is -0.764. The molecule has 2 aliphatic rings. The van der Waals surface area contributed by atoms with Gasteiger partial charge in [-0.05, 0) is 38.0 Å². The summed E-state index contributed by atoms with van der Waals surface area (Å²) < 4.78 is 5.47. The number of ether oxygens (including phenoxy) is 1. The van der Waals surface area contributed by atoms with Crippen LogP contribution in [0.15, 0.2) is 0 Å². The van der Waals surface area contributed by atoms with Crippen molar-refractivity contribution < 1.29 is 19.4 Å². The Bertz CT molecular complexity index is 363. The molecule has 1 aliphatic carbocycles. The fourth-order valence-corrected chi connectivity index (χ4v) is 2.95. The molecule has 1 heterocycles. The third-order valence-electron chi connectivity index (χ3n) is 4.60. The van der Waals surface area contributed by atoms with Crippen LogP contribution in [0.2, 0.25) is 0 Å². The first-order valence-corrected chi connectivity index (χ1v) is 7.34. The topological polar surface area (TPSA) is 78.9 Å². The number of methoxy groups -OCH3 is 1. The number of carbonyl (C=O) groups is 2. The zero-order chi connectivity index (χ0) is 14.6. The number of aliphatic carboxylic acids is 1. The molecule has 1 saturated heterocycles. The van der Waals surface area contributed by atoms with Gasteiger partial charge in [0.25, 0.3) is 0 Å². The Kier molecular flexibility index (Phi) is 4.86. The lowest BCUT2D eigenvalue weighted by atomic mass is 9.80. The van der Waals surface area contributed by atoms with Crippen LogP contribution >= 0.6 is 0 Å². The first-order chi connectivity index (χ1) is 9.54. The van der Waals surface area contributed by atoms with E-state index in [1.165, 1.54) is 0 Å². The van der Waals surface area contributed by atoms with Crippen LogP contribution in [0.5, 0.6) is 0 Å². The van der Waals surface area contributed by atoms with Crippen molar-refractivity contribution in [1.82, 2.24) is 10.2 Å². The average molecular weight is 284 g/mol. The van der Waals surface area contributed by atoms with Crippen LogP contribution < -0.4 is 5.32 Å². The van der Waals surface area contributed by atoms with Crippen molar-refractivity contribution in [3.05, 3.63) is 0 Å². The van der Waals surface area contributed by atoms with Crippen LogP contribution in [0.25, 0.3) is 0 Å². The third-order valence-corrected chi connectivity index (χ3v) is 4.60. The summed E-state index contributed by atoms with van der Waals surface area (Å²) in [4.78, 5) is 24.4. The van der Waals surface area contributed by atoms with Crippen molar-refractivity contribution in [2.45, 2.75) is 44.1 Å². The molecule has 0 spiro atoms. The molecule has 0 radical (unpaired) electrons. The van der Waals surface area contributed by atoms with Crippen molar-refractivity contribution in [1.29, 1.82) is 0 Å². The fraction of sp³-hybridized carbons (Fsp3) is 0.857. The molecule has 20 heavy (non-hydrogen) atoms. The number of hydrogen-bond donors (Lipinski definition) is 2. The van der Waals surface area contributed by atoms with Crippen molar-refractivity contribution >= 4 is 12.0 Å². The Labute approximate surface area is 119 Å². The van der Waals surface area contributed by atoms with Gasteiger partial charge in [-0.2, -0.15) is 0 Å². The summed E-state index contributed by atoms with van der Waals surface area (Å²) in [6, 6.07) is -0.0499. The lowest BCUT2D eigenvalue weighted by Gasteiger charge is -2.40. The normalized spacial score (nSPS) is 24.2. The smallest absolute Gasteiger partial charge is 0.317 e. The maximum absolute atomic E-state index is 12.1. The Morgan fingerprint density at radius 1 is 1.45 bits per heavy atom. The highest BCUT2D eigenvalue weighted by atomic mass is 16.5. The molecule has 1 saturated carbocycles. The molecule has 0 bridgehead atoms. The van der Waals surface area contributed by atoms with Gasteiger partial charge < -0.3 is 20.1 Å². The second-order valence-electron chi connectivity index (χ2n) is 5.93. The van der Waals surface area contributed by atoms with E-state index >= 15 is 0 Å². The quantitative estimate of drug-likeness (QED) is 0.774. The summed E-state index contributed by atoms with van der Waals surface area (Å²) in [6.45, 7) is 1.95. The number of amides is 2. The van der Waals surface area contributed by atoms with Crippen LogP contribution in [-0.2, 0) is 9.53 Å². The highest BCUT2D eigenvalue weighted by molar-refractivity contribution is 5.74. The zero-order valence-electron chi connectivity index (χ0n) is 12.1. The number of nitrogens with one attached hydrogen (secondary N) is 1. The van der Waals surface area contributed by atoms with Crippen molar-refractivity contribution in [3.63, 3.8) is 0 Å². The lowest BCUT2D eigenvalue weighted by Crippen LogP contribution is -2.51. The molecule has 6 heteroatoms. The molecule has 1 aliphatic heterocycles. The van der Waals surface area contributed by atoms with Crippen LogP contribution in [0.3, 0.4) is 0 Å². The maximum atomic E-state index is 12.1. The molecule has 2 N–H and O–H groups in total. The standard InChI is InChI=1S/C14H24N2O4/c1-20-14(6-2-7-14)10-15-13(19)16-8-5-11(9-16)3-4-12(17)18/h11H,2-10H2,1H3,(H,15,19)(H,17,18). The second-order valence-corrected chi connectivity index (χ2v) is 5.93. The molecule has 6 nitrogen and oxygen atoms in total. The SMILES string of the molecule is COC1(CNC(=O)N2CCC(CCC(=O)O)C2)CCC1. The highest BCUT2D eigenvalue weighted by Gasteiger charge is 2.38. The molecular formula is C14H24N2O4. The molecular weight excluding hydrogens is 260 g/mol. The number of likely N-dealkylation sites (tertiary alicyclic amines) is 1. The molecule has 2 fully saturated rings. The van der Waals surface area contributed by atoms with Crippen LogP contribution in [0, 0.1) is 5.92 Å². The summed E-state index contributed by atoms with van der Waals surface area (Å²) >= 11 is 0. The van der Waals surface area contributed by atoms with Gasteiger partial charge in [-0.1, -0.05) is 0 Å². The summed E-state index contributed by atoms with van der Waals surface area (Å²) in [5, 5.41) is 11.6. The van der Waals surface area contributed by atoms with Crippen molar-refractivity contribution in [2.24, 2.45) is 5.92 Å².